The molecular formula is C12H21NO2. The van der Waals surface area contributed by atoms with Gasteiger partial charge in [0.2, 0.25) is 5.91 Å². The van der Waals surface area contributed by atoms with E-state index in [1.165, 1.54) is 12.8 Å². The van der Waals surface area contributed by atoms with E-state index in [1.807, 2.05) is 0 Å². The van der Waals surface area contributed by atoms with Crippen molar-refractivity contribution in [2.45, 2.75) is 57.0 Å². The molecule has 2 aliphatic carbocycles. The Balaban J connectivity index is 1.60. The van der Waals surface area contributed by atoms with Crippen LogP contribution in [-0.4, -0.2) is 23.2 Å². The number of aliphatic hydroxyl groups is 1. The van der Waals surface area contributed by atoms with Crippen molar-refractivity contribution in [1.82, 2.24) is 5.32 Å². The van der Waals surface area contributed by atoms with Crippen molar-refractivity contribution in [3.63, 3.8) is 0 Å². The lowest BCUT2D eigenvalue weighted by molar-refractivity contribution is -0.122. The molecule has 0 radical (unpaired) electrons. The molecule has 2 fully saturated rings. The van der Waals surface area contributed by atoms with Crippen LogP contribution < -0.4 is 5.32 Å². The molecule has 2 rings (SSSR count). The quantitative estimate of drug-likeness (QED) is 0.725. The molecule has 3 nitrogen and oxygen atoms in total. The van der Waals surface area contributed by atoms with Crippen LogP contribution in [0, 0.1) is 5.92 Å². The van der Waals surface area contributed by atoms with Crippen molar-refractivity contribution in [2.75, 3.05) is 6.54 Å². The molecule has 0 atom stereocenters. The number of rotatable bonds is 5. The minimum atomic E-state index is -0.602. The predicted octanol–water partition coefficient (Wildman–Crippen LogP) is 1.60. The normalized spacial score (nSPS) is 24.1. The van der Waals surface area contributed by atoms with Crippen LogP contribution in [0.15, 0.2) is 0 Å². The Hall–Kier alpha value is -0.570. The molecule has 0 spiro atoms. The number of hydrogen-bond acceptors (Lipinski definition) is 2. The van der Waals surface area contributed by atoms with E-state index in [0.717, 1.165) is 38.0 Å². The molecule has 0 bridgehead atoms. The van der Waals surface area contributed by atoms with Gasteiger partial charge >= 0.3 is 0 Å². The van der Waals surface area contributed by atoms with Gasteiger partial charge in [-0.3, -0.25) is 4.79 Å². The van der Waals surface area contributed by atoms with Crippen LogP contribution in [0.2, 0.25) is 0 Å². The minimum absolute atomic E-state index is 0.113. The summed E-state index contributed by atoms with van der Waals surface area (Å²) in [6.07, 6.45) is 8.15. The van der Waals surface area contributed by atoms with Crippen LogP contribution in [-0.2, 0) is 4.79 Å². The molecule has 86 valence electrons. The zero-order valence-corrected chi connectivity index (χ0v) is 9.30. The lowest BCUT2D eigenvalue weighted by Gasteiger charge is -2.22. The van der Waals surface area contributed by atoms with Crippen LogP contribution in [0.5, 0.6) is 0 Å². The van der Waals surface area contributed by atoms with Gasteiger partial charge in [-0.2, -0.15) is 0 Å². The Bertz CT molecular complexity index is 230. The maximum Gasteiger partial charge on any atom is 0.220 e. The van der Waals surface area contributed by atoms with Gasteiger partial charge in [0.15, 0.2) is 0 Å². The second kappa shape index (κ2) is 4.52. The summed E-state index contributed by atoms with van der Waals surface area (Å²) in [4.78, 5) is 11.5. The average Bonchev–Trinajstić information content (AvgIpc) is 2.95. The first kappa shape index (κ1) is 10.9. The van der Waals surface area contributed by atoms with Crippen LogP contribution >= 0.6 is 0 Å². The van der Waals surface area contributed by atoms with Crippen molar-refractivity contribution in [3.05, 3.63) is 0 Å². The molecule has 2 aliphatic rings. The fourth-order valence-electron chi connectivity index (χ4n) is 2.30. The highest BCUT2D eigenvalue weighted by molar-refractivity contribution is 5.75. The molecule has 1 amide bonds. The second-order valence-corrected chi connectivity index (χ2v) is 5.19. The van der Waals surface area contributed by atoms with Gasteiger partial charge < -0.3 is 10.4 Å². The smallest absolute Gasteiger partial charge is 0.220 e. The van der Waals surface area contributed by atoms with Gasteiger partial charge in [0.1, 0.15) is 0 Å². The standard InChI is InChI=1S/C12H21NO2/c14-11(6-5-10-3-4-10)13-9-12(15)7-1-2-8-12/h10,15H,1-9H2,(H,13,14). The van der Waals surface area contributed by atoms with Gasteiger partial charge in [0.05, 0.1) is 5.60 Å². The van der Waals surface area contributed by atoms with Gasteiger partial charge in [-0.1, -0.05) is 25.7 Å². The minimum Gasteiger partial charge on any atom is -0.388 e. The molecular weight excluding hydrogens is 190 g/mol. The van der Waals surface area contributed by atoms with Crippen molar-refractivity contribution >= 4 is 5.91 Å². The Morgan fingerprint density at radius 1 is 1.33 bits per heavy atom. The van der Waals surface area contributed by atoms with Crippen LogP contribution in [0.25, 0.3) is 0 Å². The average molecular weight is 211 g/mol. The third-order valence-corrected chi connectivity index (χ3v) is 3.63. The molecule has 0 aromatic rings. The molecule has 2 saturated carbocycles. The van der Waals surface area contributed by atoms with E-state index in [2.05, 4.69) is 5.32 Å². The van der Waals surface area contributed by atoms with E-state index < -0.39 is 5.60 Å². The van der Waals surface area contributed by atoms with Gasteiger partial charge in [-0.25, -0.2) is 0 Å². The van der Waals surface area contributed by atoms with Crippen molar-refractivity contribution in [1.29, 1.82) is 0 Å². The Labute approximate surface area is 91.2 Å². The molecule has 15 heavy (non-hydrogen) atoms. The third-order valence-electron chi connectivity index (χ3n) is 3.63. The topological polar surface area (TPSA) is 49.3 Å². The lowest BCUT2D eigenvalue weighted by Crippen LogP contribution is -2.40. The van der Waals surface area contributed by atoms with Gasteiger partial charge in [0.25, 0.3) is 0 Å². The summed E-state index contributed by atoms with van der Waals surface area (Å²) in [5.41, 5.74) is -0.602. The van der Waals surface area contributed by atoms with Crippen LogP contribution in [0.1, 0.15) is 51.4 Å². The molecule has 0 heterocycles. The fraction of sp³-hybridized carbons (Fsp3) is 0.917. The van der Waals surface area contributed by atoms with Crippen molar-refractivity contribution < 1.29 is 9.90 Å². The summed E-state index contributed by atoms with van der Waals surface area (Å²) < 4.78 is 0. The number of carbonyl (C=O) groups is 1. The number of carbonyl (C=O) groups excluding carboxylic acids is 1. The van der Waals surface area contributed by atoms with Gasteiger partial charge in [-0.15, -0.1) is 0 Å². The molecule has 2 N–H and O–H groups in total. The molecule has 0 aromatic heterocycles. The fourth-order valence-corrected chi connectivity index (χ4v) is 2.30. The van der Waals surface area contributed by atoms with Crippen molar-refractivity contribution in [3.8, 4) is 0 Å². The highest BCUT2D eigenvalue weighted by atomic mass is 16.3. The number of amides is 1. The van der Waals surface area contributed by atoms with E-state index >= 15 is 0 Å². The zero-order valence-electron chi connectivity index (χ0n) is 9.30. The summed E-state index contributed by atoms with van der Waals surface area (Å²) >= 11 is 0. The molecule has 0 aromatic carbocycles. The van der Waals surface area contributed by atoms with Crippen LogP contribution in [0.3, 0.4) is 0 Å². The maximum atomic E-state index is 11.5. The van der Waals surface area contributed by atoms with Crippen molar-refractivity contribution in [2.24, 2.45) is 5.92 Å². The Morgan fingerprint density at radius 3 is 2.60 bits per heavy atom. The lowest BCUT2D eigenvalue weighted by atomic mass is 10.0. The third kappa shape index (κ3) is 3.49. The monoisotopic (exact) mass is 211 g/mol. The molecule has 0 saturated heterocycles. The molecule has 0 aliphatic heterocycles. The maximum absolute atomic E-state index is 11.5. The second-order valence-electron chi connectivity index (χ2n) is 5.19. The SMILES string of the molecule is O=C(CCC1CC1)NCC1(O)CCCC1. The zero-order chi connectivity index (χ0) is 10.7. The van der Waals surface area contributed by atoms with E-state index in [0.29, 0.717) is 13.0 Å². The highest BCUT2D eigenvalue weighted by Crippen LogP contribution is 2.33. The predicted molar refractivity (Wildman–Crippen MR) is 58.4 cm³/mol. The summed E-state index contributed by atoms with van der Waals surface area (Å²) in [6.45, 7) is 0.455. The van der Waals surface area contributed by atoms with Crippen LogP contribution in [0.4, 0.5) is 0 Å². The largest absolute Gasteiger partial charge is 0.388 e. The van der Waals surface area contributed by atoms with Gasteiger partial charge in [0, 0.05) is 13.0 Å². The Morgan fingerprint density at radius 2 is 2.00 bits per heavy atom. The number of nitrogens with one attached hydrogen (secondary N) is 1. The molecule has 3 heteroatoms. The first-order valence-corrected chi connectivity index (χ1v) is 6.17. The van der Waals surface area contributed by atoms with Gasteiger partial charge in [-0.05, 0) is 25.2 Å². The molecule has 0 unspecified atom stereocenters. The first-order valence-electron chi connectivity index (χ1n) is 6.17. The number of hydrogen-bond donors (Lipinski definition) is 2. The van der Waals surface area contributed by atoms with E-state index in [9.17, 15) is 9.90 Å². The summed E-state index contributed by atoms with van der Waals surface area (Å²) in [5.74, 6) is 0.924. The van der Waals surface area contributed by atoms with E-state index in [4.69, 9.17) is 0 Å². The highest BCUT2D eigenvalue weighted by Gasteiger charge is 2.31. The Kier molecular flexibility index (Phi) is 3.29. The summed E-state index contributed by atoms with van der Waals surface area (Å²) in [5, 5.41) is 12.9. The first-order chi connectivity index (χ1) is 7.18. The summed E-state index contributed by atoms with van der Waals surface area (Å²) in [6, 6.07) is 0. The van der Waals surface area contributed by atoms with E-state index in [1.54, 1.807) is 0 Å². The van der Waals surface area contributed by atoms with E-state index in [-0.39, 0.29) is 5.91 Å². The summed E-state index contributed by atoms with van der Waals surface area (Å²) in [7, 11) is 0.